The van der Waals surface area contributed by atoms with E-state index in [4.69, 9.17) is 10.5 Å². The number of phenolic OH excluding ortho intramolecular Hbond substituents is 1. The van der Waals surface area contributed by atoms with Crippen LogP contribution in [0.15, 0.2) is 42.5 Å². The molecule has 4 N–H and O–H groups in total. The quantitative estimate of drug-likeness (QED) is 0.786. The fourth-order valence-corrected chi connectivity index (χ4v) is 2.30. The van der Waals surface area contributed by atoms with Crippen molar-refractivity contribution in [3.05, 3.63) is 59.4 Å². The second kappa shape index (κ2) is 6.44. The maximum Gasteiger partial charge on any atom is 0.321 e. The van der Waals surface area contributed by atoms with Gasteiger partial charge in [0.25, 0.3) is 0 Å². The molecule has 0 aromatic heterocycles. The standard InChI is InChI=1S/C16H16FNO4/c1-22-11-6-7-13(19)12(8-11)14(15(18)16(20)21)9-2-4-10(17)5-3-9/h2-8,14-15,19H,18H2,1H3,(H,20,21)/t14-,15-/m1/s1. The number of carboxylic acids is 1. The first kappa shape index (κ1) is 15.8. The Labute approximate surface area is 126 Å². The van der Waals surface area contributed by atoms with Crippen molar-refractivity contribution in [2.24, 2.45) is 5.73 Å². The predicted octanol–water partition coefficient (Wildman–Crippen LogP) is 2.08. The minimum Gasteiger partial charge on any atom is -0.508 e. The number of benzene rings is 2. The monoisotopic (exact) mass is 305 g/mol. The lowest BCUT2D eigenvalue weighted by molar-refractivity contribution is -0.138. The van der Waals surface area contributed by atoms with Gasteiger partial charge < -0.3 is 20.7 Å². The lowest BCUT2D eigenvalue weighted by atomic mass is 9.84. The number of nitrogens with two attached hydrogens (primary N) is 1. The number of hydrogen-bond acceptors (Lipinski definition) is 4. The molecule has 0 saturated heterocycles. The molecule has 116 valence electrons. The van der Waals surface area contributed by atoms with Gasteiger partial charge in [-0.15, -0.1) is 0 Å². The van der Waals surface area contributed by atoms with Crippen LogP contribution in [0.2, 0.25) is 0 Å². The van der Waals surface area contributed by atoms with Gasteiger partial charge in [0.05, 0.1) is 7.11 Å². The Balaban J connectivity index is 2.58. The Kier molecular flexibility index (Phi) is 4.62. The number of ether oxygens (including phenoxy) is 1. The first-order chi connectivity index (χ1) is 10.4. The van der Waals surface area contributed by atoms with Crippen molar-refractivity contribution in [3.8, 4) is 11.5 Å². The fourth-order valence-electron chi connectivity index (χ4n) is 2.30. The maximum atomic E-state index is 13.1. The summed E-state index contributed by atoms with van der Waals surface area (Å²) in [7, 11) is 1.46. The summed E-state index contributed by atoms with van der Waals surface area (Å²) in [6.45, 7) is 0. The number of carbonyl (C=O) groups is 1. The van der Waals surface area contributed by atoms with Crippen molar-refractivity contribution in [2.75, 3.05) is 7.11 Å². The van der Waals surface area contributed by atoms with E-state index in [1.807, 2.05) is 0 Å². The predicted molar refractivity (Wildman–Crippen MR) is 78.5 cm³/mol. The average molecular weight is 305 g/mol. The molecule has 6 heteroatoms. The molecular weight excluding hydrogens is 289 g/mol. The summed E-state index contributed by atoms with van der Waals surface area (Å²) in [4.78, 5) is 11.3. The molecule has 2 aromatic carbocycles. The largest absolute Gasteiger partial charge is 0.508 e. The Morgan fingerprint density at radius 1 is 1.23 bits per heavy atom. The van der Waals surface area contributed by atoms with Gasteiger partial charge in [-0.25, -0.2) is 4.39 Å². The average Bonchev–Trinajstić information content (AvgIpc) is 2.51. The highest BCUT2D eigenvalue weighted by Crippen LogP contribution is 2.35. The van der Waals surface area contributed by atoms with Gasteiger partial charge in [0.1, 0.15) is 23.4 Å². The van der Waals surface area contributed by atoms with E-state index >= 15 is 0 Å². The molecular formula is C16H16FNO4. The van der Waals surface area contributed by atoms with Crippen LogP contribution in [0.5, 0.6) is 11.5 Å². The molecule has 2 atom stereocenters. The molecule has 2 aromatic rings. The van der Waals surface area contributed by atoms with Crippen LogP contribution >= 0.6 is 0 Å². The van der Waals surface area contributed by atoms with Gasteiger partial charge in [-0.1, -0.05) is 12.1 Å². The summed E-state index contributed by atoms with van der Waals surface area (Å²) in [5.41, 5.74) is 6.57. The van der Waals surface area contributed by atoms with Gasteiger partial charge in [-0.2, -0.15) is 0 Å². The first-order valence-electron chi connectivity index (χ1n) is 6.54. The number of aliphatic carboxylic acids is 1. The number of carboxylic acid groups (broad SMARTS) is 1. The molecule has 0 bridgehead atoms. The molecule has 22 heavy (non-hydrogen) atoms. The lowest BCUT2D eigenvalue weighted by Gasteiger charge is -2.23. The summed E-state index contributed by atoms with van der Waals surface area (Å²) < 4.78 is 18.2. The number of methoxy groups -OCH3 is 1. The second-order valence-electron chi connectivity index (χ2n) is 4.82. The van der Waals surface area contributed by atoms with Crippen LogP contribution in [0.25, 0.3) is 0 Å². The fraction of sp³-hybridized carbons (Fsp3) is 0.188. The van der Waals surface area contributed by atoms with E-state index in [-0.39, 0.29) is 5.75 Å². The van der Waals surface area contributed by atoms with Crippen LogP contribution in [0.4, 0.5) is 4.39 Å². The Bertz CT molecular complexity index is 672. The van der Waals surface area contributed by atoms with E-state index in [9.17, 15) is 19.4 Å². The van der Waals surface area contributed by atoms with Crippen molar-refractivity contribution >= 4 is 5.97 Å². The van der Waals surface area contributed by atoms with Crippen molar-refractivity contribution in [1.82, 2.24) is 0 Å². The number of aromatic hydroxyl groups is 1. The van der Waals surface area contributed by atoms with Gasteiger partial charge >= 0.3 is 5.97 Å². The van der Waals surface area contributed by atoms with E-state index in [0.717, 1.165) is 0 Å². The van der Waals surface area contributed by atoms with Gasteiger partial charge in [0, 0.05) is 11.5 Å². The summed E-state index contributed by atoms with van der Waals surface area (Å²) in [5, 5.41) is 19.3. The van der Waals surface area contributed by atoms with Gasteiger partial charge in [0.2, 0.25) is 0 Å². The highest BCUT2D eigenvalue weighted by Gasteiger charge is 2.30. The minimum absolute atomic E-state index is 0.105. The summed E-state index contributed by atoms with van der Waals surface area (Å²) >= 11 is 0. The Morgan fingerprint density at radius 2 is 1.86 bits per heavy atom. The van der Waals surface area contributed by atoms with Crippen LogP contribution in [0.1, 0.15) is 17.0 Å². The molecule has 0 spiro atoms. The number of hydrogen-bond donors (Lipinski definition) is 3. The zero-order valence-corrected chi connectivity index (χ0v) is 11.9. The second-order valence-corrected chi connectivity index (χ2v) is 4.82. The summed E-state index contributed by atoms with van der Waals surface area (Å²) in [6, 6.07) is 8.49. The zero-order chi connectivity index (χ0) is 16.3. The molecule has 0 aliphatic heterocycles. The molecule has 0 aliphatic rings. The number of rotatable bonds is 5. The lowest BCUT2D eigenvalue weighted by Crippen LogP contribution is -2.37. The van der Waals surface area contributed by atoms with E-state index in [0.29, 0.717) is 16.9 Å². The highest BCUT2D eigenvalue weighted by atomic mass is 19.1. The zero-order valence-electron chi connectivity index (χ0n) is 11.9. The van der Waals surface area contributed by atoms with Crippen molar-refractivity contribution < 1.29 is 24.1 Å². The van der Waals surface area contributed by atoms with Crippen LogP contribution < -0.4 is 10.5 Å². The SMILES string of the molecule is COc1ccc(O)c([C@@H](c2ccc(F)cc2)[C@@H](N)C(=O)O)c1. The van der Waals surface area contributed by atoms with E-state index in [2.05, 4.69) is 0 Å². The molecule has 0 saturated carbocycles. The Morgan fingerprint density at radius 3 is 2.41 bits per heavy atom. The van der Waals surface area contributed by atoms with Crippen LogP contribution in [0.3, 0.4) is 0 Å². The third kappa shape index (κ3) is 3.17. The van der Waals surface area contributed by atoms with Crippen LogP contribution in [0, 0.1) is 5.82 Å². The van der Waals surface area contributed by atoms with Crippen LogP contribution in [-0.2, 0) is 4.79 Å². The van der Waals surface area contributed by atoms with Crippen molar-refractivity contribution in [2.45, 2.75) is 12.0 Å². The molecule has 0 amide bonds. The first-order valence-corrected chi connectivity index (χ1v) is 6.54. The molecule has 2 rings (SSSR count). The van der Waals surface area contributed by atoms with Crippen molar-refractivity contribution in [3.63, 3.8) is 0 Å². The minimum atomic E-state index is -1.30. The smallest absolute Gasteiger partial charge is 0.321 e. The van der Waals surface area contributed by atoms with E-state index < -0.39 is 23.7 Å². The van der Waals surface area contributed by atoms with E-state index in [1.165, 1.54) is 43.5 Å². The third-order valence-corrected chi connectivity index (χ3v) is 3.44. The summed E-state index contributed by atoms with van der Waals surface area (Å²) in [5.74, 6) is -2.16. The number of phenols is 1. The van der Waals surface area contributed by atoms with Crippen molar-refractivity contribution in [1.29, 1.82) is 0 Å². The maximum absolute atomic E-state index is 13.1. The molecule has 5 nitrogen and oxygen atoms in total. The third-order valence-electron chi connectivity index (χ3n) is 3.44. The molecule has 0 fully saturated rings. The van der Waals surface area contributed by atoms with E-state index in [1.54, 1.807) is 6.07 Å². The topological polar surface area (TPSA) is 92.8 Å². The normalized spacial score (nSPS) is 13.4. The summed E-state index contributed by atoms with van der Waals surface area (Å²) in [6.07, 6.45) is 0. The molecule has 0 unspecified atom stereocenters. The van der Waals surface area contributed by atoms with Gasteiger partial charge in [-0.05, 0) is 35.9 Å². The van der Waals surface area contributed by atoms with Gasteiger partial charge in [0.15, 0.2) is 0 Å². The van der Waals surface area contributed by atoms with Crippen LogP contribution in [-0.4, -0.2) is 29.3 Å². The van der Waals surface area contributed by atoms with Gasteiger partial charge in [-0.3, -0.25) is 4.79 Å². The molecule has 0 radical (unpaired) electrons. The Hall–Kier alpha value is -2.60. The highest BCUT2D eigenvalue weighted by molar-refractivity contribution is 5.76. The molecule has 0 aliphatic carbocycles. The number of halogens is 1. The molecule has 0 heterocycles.